The SMILES string of the molecule is Cc1cc(-c2nc3cnc(N4CCOCC4C)nc3n2C(C)c2ccccc2)cn(C)c1=O. The normalized spacial score (nSPS) is 17.5. The van der Waals surface area contributed by atoms with E-state index in [0.717, 1.165) is 34.7 Å². The van der Waals surface area contributed by atoms with Crippen LogP contribution >= 0.6 is 0 Å². The van der Waals surface area contributed by atoms with Crippen molar-refractivity contribution in [3.05, 3.63) is 70.3 Å². The summed E-state index contributed by atoms with van der Waals surface area (Å²) in [5, 5.41) is 0. The Bertz CT molecular complexity index is 1330. The van der Waals surface area contributed by atoms with Gasteiger partial charge in [0.05, 0.1) is 31.5 Å². The lowest BCUT2D eigenvalue weighted by molar-refractivity contribution is 0.0981. The topological polar surface area (TPSA) is 78.1 Å². The van der Waals surface area contributed by atoms with Crippen molar-refractivity contribution < 1.29 is 4.74 Å². The molecule has 0 spiro atoms. The first-order chi connectivity index (χ1) is 15.9. The van der Waals surface area contributed by atoms with E-state index in [9.17, 15) is 4.79 Å². The average molecular weight is 445 g/mol. The van der Waals surface area contributed by atoms with Crippen molar-refractivity contribution in [1.29, 1.82) is 0 Å². The van der Waals surface area contributed by atoms with E-state index in [1.54, 1.807) is 17.8 Å². The van der Waals surface area contributed by atoms with Crippen LogP contribution in [0.1, 0.15) is 31.0 Å². The van der Waals surface area contributed by atoms with E-state index in [4.69, 9.17) is 14.7 Å². The highest BCUT2D eigenvalue weighted by Crippen LogP contribution is 2.31. The molecule has 1 aromatic carbocycles. The van der Waals surface area contributed by atoms with Gasteiger partial charge in [0.25, 0.3) is 5.56 Å². The van der Waals surface area contributed by atoms with Crippen molar-refractivity contribution in [3.8, 4) is 11.4 Å². The number of imidazole rings is 1. The van der Waals surface area contributed by atoms with Gasteiger partial charge in [-0.3, -0.25) is 4.79 Å². The summed E-state index contributed by atoms with van der Waals surface area (Å²) in [4.78, 5) is 29.1. The summed E-state index contributed by atoms with van der Waals surface area (Å²) in [5.74, 6) is 1.45. The molecule has 2 atom stereocenters. The smallest absolute Gasteiger partial charge is 0.253 e. The number of rotatable bonds is 4. The molecule has 0 aliphatic carbocycles. The van der Waals surface area contributed by atoms with Crippen molar-refractivity contribution in [2.75, 3.05) is 24.7 Å². The van der Waals surface area contributed by atoms with Crippen LogP contribution < -0.4 is 10.5 Å². The molecule has 4 heterocycles. The molecule has 0 amide bonds. The number of benzene rings is 1. The van der Waals surface area contributed by atoms with Crippen LogP contribution in [-0.4, -0.2) is 49.9 Å². The first-order valence-corrected chi connectivity index (χ1v) is 11.3. The highest BCUT2D eigenvalue weighted by Gasteiger charge is 2.25. The van der Waals surface area contributed by atoms with Gasteiger partial charge in [0.2, 0.25) is 5.95 Å². The third-order valence-corrected chi connectivity index (χ3v) is 6.33. The van der Waals surface area contributed by atoms with Crippen LogP contribution in [0.15, 0.2) is 53.6 Å². The van der Waals surface area contributed by atoms with Crippen LogP contribution in [0, 0.1) is 6.92 Å². The zero-order chi connectivity index (χ0) is 23.1. The summed E-state index contributed by atoms with van der Waals surface area (Å²) in [6.07, 6.45) is 3.63. The predicted octanol–water partition coefficient (Wildman–Crippen LogP) is 3.33. The van der Waals surface area contributed by atoms with Crippen molar-refractivity contribution in [3.63, 3.8) is 0 Å². The predicted molar refractivity (Wildman–Crippen MR) is 129 cm³/mol. The molecule has 1 fully saturated rings. The van der Waals surface area contributed by atoms with Crippen LogP contribution in [0.5, 0.6) is 0 Å². The monoisotopic (exact) mass is 444 g/mol. The molecule has 8 heteroatoms. The van der Waals surface area contributed by atoms with E-state index in [1.807, 2.05) is 37.4 Å². The molecule has 170 valence electrons. The summed E-state index contributed by atoms with van der Waals surface area (Å²) < 4.78 is 9.35. The summed E-state index contributed by atoms with van der Waals surface area (Å²) >= 11 is 0. The Morgan fingerprint density at radius 3 is 2.70 bits per heavy atom. The maximum absolute atomic E-state index is 12.3. The third kappa shape index (κ3) is 3.80. The number of morpholine rings is 1. The van der Waals surface area contributed by atoms with Crippen molar-refractivity contribution in [2.24, 2.45) is 7.05 Å². The Morgan fingerprint density at radius 1 is 1.18 bits per heavy atom. The molecule has 0 saturated carbocycles. The summed E-state index contributed by atoms with van der Waals surface area (Å²) in [7, 11) is 1.77. The molecule has 1 saturated heterocycles. The number of nitrogens with zero attached hydrogens (tertiary/aromatic N) is 6. The number of fused-ring (bicyclic) bond motifs is 1. The van der Waals surface area contributed by atoms with Crippen molar-refractivity contribution >= 4 is 17.1 Å². The lowest BCUT2D eigenvalue weighted by Crippen LogP contribution is -2.44. The van der Waals surface area contributed by atoms with E-state index in [2.05, 4.69) is 40.4 Å². The first-order valence-electron chi connectivity index (χ1n) is 11.3. The maximum Gasteiger partial charge on any atom is 0.253 e. The zero-order valence-corrected chi connectivity index (χ0v) is 19.4. The molecule has 1 aliphatic heterocycles. The van der Waals surface area contributed by atoms with E-state index >= 15 is 0 Å². The van der Waals surface area contributed by atoms with Gasteiger partial charge in [0, 0.05) is 30.9 Å². The van der Waals surface area contributed by atoms with Gasteiger partial charge in [0.15, 0.2) is 5.65 Å². The number of aryl methyl sites for hydroxylation is 2. The standard InChI is InChI=1S/C25H28N6O2/c1-16-12-20(14-29(4)24(16)32)22-27-21-13-26-25(30-10-11-33-15-17(30)2)28-23(21)31(22)18(3)19-8-6-5-7-9-19/h5-9,12-14,17-18H,10-11,15H2,1-4H3. The van der Waals surface area contributed by atoms with Crippen LogP contribution in [0.4, 0.5) is 5.95 Å². The fraction of sp³-hybridized carbons (Fsp3) is 0.360. The lowest BCUT2D eigenvalue weighted by atomic mass is 10.1. The Kier molecular flexibility index (Phi) is 5.46. The van der Waals surface area contributed by atoms with Gasteiger partial charge in [-0.15, -0.1) is 0 Å². The fourth-order valence-electron chi connectivity index (χ4n) is 4.50. The molecule has 1 aliphatic rings. The zero-order valence-electron chi connectivity index (χ0n) is 19.4. The number of hydrogen-bond acceptors (Lipinski definition) is 6. The first kappa shape index (κ1) is 21.3. The minimum Gasteiger partial charge on any atom is -0.377 e. The van der Waals surface area contributed by atoms with E-state index < -0.39 is 0 Å². The second-order valence-electron chi connectivity index (χ2n) is 8.72. The van der Waals surface area contributed by atoms with Crippen LogP contribution in [0.3, 0.4) is 0 Å². The average Bonchev–Trinajstić information content (AvgIpc) is 3.21. The number of aromatic nitrogens is 5. The van der Waals surface area contributed by atoms with Gasteiger partial charge in [-0.2, -0.15) is 4.98 Å². The molecule has 4 aromatic rings. The van der Waals surface area contributed by atoms with Crippen LogP contribution in [0.25, 0.3) is 22.6 Å². The maximum atomic E-state index is 12.3. The van der Waals surface area contributed by atoms with Gasteiger partial charge in [-0.25, -0.2) is 9.97 Å². The lowest BCUT2D eigenvalue weighted by Gasteiger charge is -2.33. The van der Waals surface area contributed by atoms with E-state index in [1.165, 1.54) is 0 Å². The molecule has 33 heavy (non-hydrogen) atoms. The number of hydrogen-bond donors (Lipinski definition) is 0. The highest BCUT2D eigenvalue weighted by atomic mass is 16.5. The summed E-state index contributed by atoms with van der Waals surface area (Å²) in [6.45, 7) is 8.17. The minimum absolute atomic E-state index is 0.0131. The molecule has 8 nitrogen and oxygen atoms in total. The molecule has 0 radical (unpaired) electrons. The second-order valence-corrected chi connectivity index (χ2v) is 8.72. The molecule has 0 N–H and O–H groups in total. The fourth-order valence-corrected chi connectivity index (χ4v) is 4.50. The van der Waals surface area contributed by atoms with Crippen molar-refractivity contribution in [1.82, 2.24) is 24.1 Å². The Labute approximate surface area is 192 Å². The summed E-state index contributed by atoms with van der Waals surface area (Å²) in [6, 6.07) is 12.4. The summed E-state index contributed by atoms with van der Waals surface area (Å²) in [5.41, 5.74) is 4.19. The van der Waals surface area contributed by atoms with Gasteiger partial charge in [0.1, 0.15) is 11.3 Å². The molecular weight excluding hydrogens is 416 g/mol. The number of anilines is 1. The molecule has 3 aromatic heterocycles. The Hall–Kier alpha value is -3.52. The van der Waals surface area contributed by atoms with Gasteiger partial charge in [-0.05, 0) is 32.4 Å². The van der Waals surface area contributed by atoms with Gasteiger partial charge >= 0.3 is 0 Å². The van der Waals surface area contributed by atoms with Gasteiger partial charge < -0.3 is 18.8 Å². The largest absolute Gasteiger partial charge is 0.377 e. The van der Waals surface area contributed by atoms with Gasteiger partial charge in [-0.1, -0.05) is 30.3 Å². The molecule has 5 rings (SSSR count). The number of ether oxygens (including phenoxy) is 1. The highest BCUT2D eigenvalue weighted by molar-refractivity contribution is 5.78. The Balaban J connectivity index is 1.73. The van der Waals surface area contributed by atoms with Crippen LogP contribution in [-0.2, 0) is 11.8 Å². The van der Waals surface area contributed by atoms with Crippen molar-refractivity contribution in [2.45, 2.75) is 32.9 Å². The van der Waals surface area contributed by atoms with Crippen LogP contribution in [0.2, 0.25) is 0 Å². The third-order valence-electron chi connectivity index (χ3n) is 6.33. The minimum atomic E-state index is -0.0198. The molecule has 0 bridgehead atoms. The Morgan fingerprint density at radius 2 is 1.97 bits per heavy atom. The quantitative estimate of drug-likeness (QED) is 0.481. The van der Waals surface area contributed by atoms with E-state index in [0.29, 0.717) is 24.7 Å². The number of pyridine rings is 1. The molecular formula is C25H28N6O2. The molecule has 2 unspecified atom stereocenters. The second kappa shape index (κ2) is 8.44. The van der Waals surface area contributed by atoms with E-state index in [-0.39, 0.29) is 17.6 Å².